The third-order valence-electron chi connectivity index (χ3n) is 3.30. The van der Waals surface area contributed by atoms with E-state index in [1.165, 1.54) is 9.13 Å². The minimum absolute atomic E-state index is 0.0753. The maximum Gasteiger partial charge on any atom is 0.162 e. The van der Waals surface area contributed by atoms with Crippen LogP contribution in [0.3, 0.4) is 0 Å². The molecule has 0 saturated heterocycles. The molecule has 0 fully saturated rings. The number of hydrogen-bond donors (Lipinski definition) is 1. The summed E-state index contributed by atoms with van der Waals surface area (Å²) < 4.78 is 28.1. The molecule has 0 spiro atoms. The summed E-state index contributed by atoms with van der Waals surface area (Å²) in [5.74, 6) is -1.53. The summed E-state index contributed by atoms with van der Waals surface area (Å²) in [6, 6.07) is 12.6. The van der Waals surface area contributed by atoms with Gasteiger partial charge < -0.3 is 5.32 Å². The molecule has 0 aromatic heterocycles. The van der Waals surface area contributed by atoms with Gasteiger partial charge in [0.05, 0.1) is 0 Å². The van der Waals surface area contributed by atoms with Gasteiger partial charge >= 0.3 is 0 Å². The molecule has 1 unspecified atom stereocenters. The highest BCUT2D eigenvalue weighted by molar-refractivity contribution is 14.1. The molecule has 2 rings (SSSR count). The largest absolute Gasteiger partial charge is 0.316 e. The van der Waals surface area contributed by atoms with Gasteiger partial charge in [0.1, 0.15) is 0 Å². The highest BCUT2D eigenvalue weighted by atomic mass is 127. The van der Waals surface area contributed by atoms with E-state index in [0.717, 1.165) is 12.5 Å². The van der Waals surface area contributed by atoms with Crippen LogP contribution >= 0.6 is 22.6 Å². The van der Waals surface area contributed by atoms with Crippen molar-refractivity contribution in [1.29, 1.82) is 0 Å². The Hall–Kier alpha value is -1.01. The number of rotatable bonds is 5. The van der Waals surface area contributed by atoms with Crippen LogP contribution in [0, 0.1) is 15.2 Å². The second-order valence-electron chi connectivity index (χ2n) is 4.73. The van der Waals surface area contributed by atoms with Gasteiger partial charge in [-0.05, 0) is 71.8 Å². The van der Waals surface area contributed by atoms with Crippen molar-refractivity contribution in [1.82, 2.24) is 5.32 Å². The Bertz CT molecular complexity index is 569. The van der Waals surface area contributed by atoms with Crippen molar-refractivity contribution in [2.75, 3.05) is 7.05 Å². The Balaban J connectivity index is 2.09. The normalized spacial score (nSPS) is 12.4. The molecule has 0 aliphatic heterocycles. The van der Waals surface area contributed by atoms with E-state index in [2.05, 4.69) is 40.0 Å². The van der Waals surface area contributed by atoms with Gasteiger partial charge in [-0.3, -0.25) is 0 Å². The van der Waals surface area contributed by atoms with E-state index < -0.39 is 11.6 Å². The summed E-state index contributed by atoms with van der Waals surface area (Å²) in [5.41, 5.74) is 1.59. The third kappa shape index (κ3) is 3.99. The van der Waals surface area contributed by atoms with Gasteiger partial charge in [-0.2, -0.15) is 0 Å². The standard InChI is InChI=1S/C16H16F2IN/c1-20-14(9-11-5-7-13(19)8-6-11)10-12-3-2-4-15(17)16(12)18/h2-8,14,20H,9-10H2,1H3. The lowest BCUT2D eigenvalue weighted by Gasteiger charge is -2.17. The maximum atomic E-state index is 13.7. The molecule has 0 amide bonds. The van der Waals surface area contributed by atoms with Gasteiger partial charge in [0.2, 0.25) is 0 Å². The van der Waals surface area contributed by atoms with Gasteiger partial charge in [0.15, 0.2) is 11.6 Å². The third-order valence-corrected chi connectivity index (χ3v) is 4.02. The molecule has 0 bridgehead atoms. The monoisotopic (exact) mass is 387 g/mol. The lowest BCUT2D eigenvalue weighted by Crippen LogP contribution is -2.30. The number of nitrogens with one attached hydrogen (secondary N) is 1. The number of likely N-dealkylation sites (N-methyl/N-ethyl adjacent to an activating group) is 1. The predicted octanol–water partition coefficient (Wildman–Crippen LogP) is 3.94. The Morgan fingerprint density at radius 2 is 1.75 bits per heavy atom. The molecule has 1 atom stereocenters. The molecular weight excluding hydrogens is 371 g/mol. The molecule has 106 valence electrons. The smallest absolute Gasteiger partial charge is 0.162 e. The zero-order valence-corrected chi connectivity index (χ0v) is 13.3. The lowest BCUT2D eigenvalue weighted by atomic mass is 9.99. The van der Waals surface area contributed by atoms with Gasteiger partial charge in [-0.1, -0.05) is 24.3 Å². The molecule has 0 aliphatic carbocycles. The first-order valence-electron chi connectivity index (χ1n) is 6.44. The van der Waals surface area contributed by atoms with E-state index in [1.807, 2.05) is 19.2 Å². The van der Waals surface area contributed by atoms with Gasteiger partial charge in [0.25, 0.3) is 0 Å². The summed E-state index contributed by atoms with van der Waals surface area (Å²) in [4.78, 5) is 0. The average Bonchev–Trinajstić information content (AvgIpc) is 2.45. The summed E-state index contributed by atoms with van der Waals surface area (Å²) >= 11 is 2.26. The highest BCUT2D eigenvalue weighted by Crippen LogP contribution is 2.16. The fraction of sp³-hybridized carbons (Fsp3) is 0.250. The van der Waals surface area contributed by atoms with Crippen LogP contribution in [0.1, 0.15) is 11.1 Å². The SMILES string of the molecule is CNC(Cc1ccc(I)cc1)Cc1cccc(F)c1F. The van der Waals surface area contributed by atoms with Crippen LogP contribution in [0.15, 0.2) is 42.5 Å². The Kier molecular flexibility index (Phi) is 5.48. The fourth-order valence-electron chi connectivity index (χ4n) is 2.15. The van der Waals surface area contributed by atoms with Crippen LogP contribution in [0.25, 0.3) is 0 Å². The van der Waals surface area contributed by atoms with E-state index in [0.29, 0.717) is 12.0 Å². The first-order chi connectivity index (χ1) is 9.60. The van der Waals surface area contributed by atoms with Crippen molar-refractivity contribution in [3.63, 3.8) is 0 Å². The summed E-state index contributed by atoms with van der Waals surface area (Å²) in [5, 5.41) is 3.17. The molecule has 0 aliphatic rings. The van der Waals surface area contributed by atoms with Crippen LogP contribution in [0.5, 0.6) is 0 Å². The van der Waals surface area contributed by atoms with E-state index in [1.54, 1.807) is 12.1 Å². The van der Waals surface area contributed by atoms with E-state index >= 15 is 0 Å². The summed E-state index contributed by atoms with van der Waals surface area (Å²) in [6.07, 6.45) is 1.25. The van der Waals surface area contributed by atoms with E-state index in [9.17, 15) is 8.78 Å². The lowest BCUT2D eigenvalue weighted by molar-refractivity contribution is 0.482. The number of hydrogen-bond acceptors (Lipinski definition) is 1. The predicted molar refractivity (Wildman–Crippen MR) is 85.8 cm³/mol. The molecule has 20 heavy (non-hydrogen) atoms. The minimum atomic E-state index is -0.786. The molecule has 0 heterocycles. The average molecular weight is 387 g/mol. The molecular formula is C16H16F2IN. The Morgan fingerprint density at radius 3 is 2.40 bits per heavy atom. The Labute approximate surface area is 131 Å². The molecule has 0 radical (unpaired) electrons. The second-order valence-corrected chi connectivity index (χ2v) is 5.98. The van der Waals surface area contributed by atoms with Crippen LogP contribution in [0.2, 0.25) is 0 Å². The van der Waals surface area contributed by atoms with Crippen molar-refractivity contribution in [3.8, 4) is 0 Å². The molecule has 0 saturated carbocycles. The quantitative estimate of drug-likeness (QED) is 0.767. The summed E-state index contributed by atoms with van der Waals surface area (Å²) in [6.45, 7) is 0. The van der Waals surface area contributed by atoms with E-state index in [-0.39, 0.29) is 6.04 Å². The van der Waals surface area contributed by atoms with Crippen molar-refractivity contribution in [3.05, 3.63) is 68.8 Å². The number of benzene rings is 2. The molecule has 2 aromatic rings. The molecule has 1 N–H and O–H groups in total. The zero-order valence-electron chi connectivity index (χ0n) is 11.2. The van der Waals surface area contributed by atoms with Gasteiger partial charge in [-0.25, -0.2) is 8.78 Å². The van der Waals surface area contributed by atoms with Crippen molar-refractivity contribution in [2.24, 2.45) is 0 Å². The van der Waals surface area contributed by atoms with Crippen LogP contribution in [-0.4, -0.2) is 13.1 Å². The minimum Gasteiger partial charge on any atom is -0.316 e. The topological polar surface area (TPSA) is 12.0 Å². The van der Waals surface area contributed by atoms with Gasteiger partial charge in [0, 0.05) is 9.61 Å². The summed E-state index contributed by atoms with van der Waals surface area (Å²) in [7, 11) is 1.84. The van der Waals surface area contributed by atoms with Gasteiger partial charge in [-0.15, -0.1) is 0 Å². The van der Waals surface area contributed by atoms with E-state index in [4.69, 9.17) is 0 Å². The Morgan fingerprint density at radius 1 is 1.05 bits per heavy atom. The number of halogens is 3. The second kappa shape index (κ2) is 7.13. The van der Waals surface area contributed by atoms with Crippen molar-refractivity contribution in [2.45, 2.75) is 18.9 Å². The molecule has 4 heteroatoms. The highest BCUT2D eigenvalue weighted by Gasteiger charge is 2.13. The molecule has 2 aromatic carbocycles. The molecule has 1 nitrogen and oxygen atoms in total. The maximum absolute atomic E-state index is 13.7. The van der Waals surface area contributed by atoms with Crippen LogP contribution in [-0.2, 0) is 12.8 Å². The first kappa shape index (κ1) is 15.4. The first-order valence-corrected chi connectivity index (χ1v) is 7.52. The van der Waals surface area contributed by atoms with Crippen LogP contribution in [0.4, 0.5) is 8.78 Å². The van der Waals surface area contributed by atoms with Crippen molar-refractivity contribution < 1.29 is 8.78 Å². The fourth-order valence-corrected chi connectivity index (χ4v) is 2.51. The van der Waals surface area contributed by atoms with Crippen molar-refractivity contribution >= 4 is 22.6 Å². The zero-order chi connectivity index (χ0) is 14.5. The van der Waals surface area contributed by atoms with Crippen LogP contribution < -0.4 is 5.32 Å².